The third-order valence-corrected chi connectivity index (χ3v) is 1.88. The van der Waals surface area contributed by atoms with Crippen LogP contribution in [0.15, 0.2) is 30.3 Å². The fourth-order valence-corrected chi connectivity index (χ4v) is 1.07. The van der Waals surface area contributed by atoms with Crippen molar-refractivity contribution in [2.75, 3.05) is 0 Å². The Morgan fingerprint density at radius 2 is 1.47 bits per heavy atom. The molecular formula is C14H16Zr-6. The van der Waals surface area contributed by atoms with Gasteiger partial charge in [0, 0.05) is 26.2 Å². The van der Waals surface area contributed by atoms with Crippen molar-refractivity contribution in [2.24, 2.45) is 0 Å². The summed E-state index contributed by atoms with van der Waals surface area (Å²) in [4.78, 5) is 0. The fourth-order valence-electron chi connectivity index (χ4n) is 1.07. The summed E-state index contributed by atoms with van der Waals surface area (Å²) in [5.74, 6) is 1.32. The maximum atomic E-state index is 2.08. The van der Waals surface area contributed by atoms with Gasteiger partial charge in [0.05, 0.1) is 0 Å². The molecule has 82 valence electrons. The van der Waals surface area contributed by atoms with Crippen LogP contribution in [0.2, 0.25) is 0 Å². The largest absolute Gasteiger partial charge is 0.726 e. The maximum absolute atomic E-state index is 2.08. The van der Waals surface area contributed by atoms with Crippen molar-refractivity contribution in [1.29, 1.82) is 0 Å². The van der Waals surface area contributed by atoms with E-state index in [1.165, 1.54) is 11.5 Å². The van der Waals surface area contributed by atoms with Crippen LogP contribution in [0.4, 0.5) is 0 Å². The van der Waals surface area contributed by atoms with E-state index in [1.807, 2.05) is 37.5 Å². The number of aryl methyl sites for hydroxylation is 1. The van der Waals surface area contributed by atoms with Gasteiger partial charge in [0.2, 0.25) is 0 Å². The SMILES string of the molecule is C[C-]1[CH-][CH-][CH-][CH-][CH-]1.Cc1ccccc1.[Zr]. The van der Waals surface area contributed by atoms with Crippen molar-refractivity contribution < 1.29 is 26.2 Å². The molecule has 0 aromatic heterocycles. The van der Waals surface area contributed by atoms with Crippen molar-refractivity contribution >= 4 is 0 Å². The molecule has 0 N–H and O–H groups in total. The Labute approximate surface area is 114 Å². The first-order chi connectivity index (χ1) is 6.79. The third-order valence-electron chi connectivity index (χ3n) is 1.88. The van der Waals surface area contributed by atoms with E-state index in [-0.39, 0.29) is 26.2 Å². The molecule has 0 heterocycles. The minimum absolute atomic E-state index is 0. The van der Waals surface area contributed by atoms with E-state index in [9.17, 15) is 0 Å². The molecule has 0 atom stereocenters. The van der Waals surface area contributed by atoms with Crippen LogP contribution in [-0.2, 0) is 26.2 Å². The molecule has 0 bridgehead atoms. The molecule has 0 unspecified atom stereocenters. The molecule has 0 amide bonds. The Balaban J connectivity index is 0.000000245. The van der Waals surface area contributed by atoms with Crippen molar-refractivity contribution in [3.8, 4) is 0 Å². The summed E-state index contributed by atoms with van der Waals surface area (Å²) in [7, 11) is 0. The van der Waals surface area contributed by atoms with Crippen molar-refractivity contribution in [3.05, 3.63) is 73.9 Å². The summed E-state index contributed by atoms with van der Waals surface area (Å²) in [5, 5.41) is 0. The van der Waals surface area contributed by atoms with Crippen LogP contribution in [-0.4, -0.2) is 0 Å². The van der Waals surface area contributed by atoms with E-state index >= 15 is 0 Å². The van der Waals surface area contributed by atoms with Gasteiger partial charge < -0.3 is 38.0 Å². The van der Waals surface area contributed by atoms with Crippen LogP contribution in [0.3, 0.4) is 0 Å². The number of benzene rings is 1. The van der Waals surface area contributed by atoms with Crippen molar-refractivity contribution in [3.63, 3.8) is 0 Å². The summed E-state index contributed by atoms with van der Waals surface area (Å²) in [6.45, 7) is 4.17. The number of hydrogen-bond donors (Lipinski definition) is 0. The van der Waals surface area contributed by atoms with Crippen LogP contribution in [0.1, 0.15) is 12.5 Å². The van der Waals surface area contributed by atoms with E-state index in [0.717, 1.165) is 0 Å². The zero-order chi connectivity index (χ0) is 10.2. The van der Waals surface area contributed by atoms with Crippen LogP contribution < -0.4 is 0 Å². The van der Waals surface area contributed by atoms with E-state index in [4.69, 9.17) is 0 Å². The molecule has 0 nitrogen and oxygen atoms in total. The molecule has 1 aliphatic rings. The minimum atomic E-state index is 0. The fraction of sp³-hybridized carbons (Fsp3) is 0.143. The Morgan fingerprint density at radius 1 is 0.933 bits per heavy atom. The molecule has 1 aromatic carbocycles. The van der Waals surface area contributed by atoms with E-state index < -0.39 is 0 Å². The normalized spacial score (nSPS) is 15.9. The quantitative estimate of drug-likeness (QED) is 0.635. The molecule has 0 spiro atoms. The molecule has 2 rings (SSSR count). The van der Waals surface area contributed by atoms with Gasteiger partial charge >= 0.3 is 0 Å². The van der Waals surface area contributed by atoms with Gasteiger partial charge in [-0.2, -0.15) is 0 Å². The molecule has 0 saturated heterocycles. The van der Waals surface area contributed by atoms with E-state index in [2.05, 4.69) is 38.8 Å². The number of hydrogen-bond acceptors (Lipinski definition) is 0. The second-order valence-corrected chi connectivity index (χ2v) is 3.31. The third kappa shape index (κ3) is 7.97. The first-order valence-electron chi connectivity index (χ1n) is 4.82. The smallest absolute Gasteiger partial charge is 0 e. The molecule has 1 heteroatoms. The first kappa shape index (κ1) is 15.1. The second-order valence-electron chi connectivity index (χ2n) is 3.31. The van der Waals surface area contributed by atoms with Crippen molar-refractivity contribution in [1.82, 2.24) is 0 Å². The van der Waals surface area contributed by atoms with Gasteiger partial charge in [-0.05, 0) is 6.92 Å². The average Bonchev–Trinajstić information content (AvgIpc) is 2.21. The topological polar surface area (TPSA) is 0 Å². The summed E-state index contributed by atoms with van der Waals surface area (Å²) in [6, 6.07) is 10.3. The first-order valence-corrected chi connectivity index (χ1v) is 4.82. The predicted molar refractivity (Wildman–Crippen MR) is 61.6 cm³/mol. The zero-order valence-electron chi connectivity index (χ0n) is 9.27. The maximum Gasteiger partial charge on any atom is 0 e. The summed E-state index contributed by atoms with van der Waals surface area (Å²) in [6.07, 6.45) is 10.3. The molecule has 1 saturated carbocycles. The number of rotatable bonds is 0. The molecule has 0 radical (unpaired) electrons. The van der Waals surface area contributed by atoms with Gasteiger partial charge in [-0.15, -0.1) is 0 Å². The molecule has 0 aliphatic heterocycles. The van der Waals surface area contributed by atoms with Gasteiger partial charge in [-0.3, -0.25) is 0 Å². The molecule has 1 aliphatic carbocycles. The Kier molecular flexibility index (Phi) is 9.40. The van der Waals surface area contributed by atoms with Gasteiger partial charge in [-0.25, -0.2) is 6.92 Å². The molecule has 1 aromatic rings. The van der Waals surface area contributed by atoms with Gasteiger partial charge in [-0.1, -0.05) is 35.9 Å². The Hall–Kier alpha value is 0.103. The molecule has 15 heavy (non-hydrogen) atoms. The molecule has 1 fully saturated rings. The van der Waals surface area contributed by atoms with Crippen LogP contribution in [0.5, 0.6) is 0 Å². The van der Waals surface area contributed by atoms with E-state index in [0.29, 0.717) is 0 Å². The summed E-state index contributed by atoms with van der Waals surface area (Å²) >= 11 is 0. The Morgan fingerprint density at radius 3 is 1.73 bits per heavy atom. The standard InChI is InChI=1S/2C7H8.Zr/c2*1-7-5-3-2-4-6-7;/h2*2-6H,1H3;/q;-6;. The second kappa shape index (κ2) is 9.34. The summed E-state index contributed by atoms with van der Waals surface area (Å²) in [5.41, 5.74) is 1.32. The van der Waals surface area contributed by atoms with Gasteiger partial charge in [0.15, 0.2) is 0 Å². The van der Waals surface area contributed by atoms with Crippen LogP contribution in [0, 0.1) is 44.9 Å². The van der Waals surface area contributed by atoms with E-state index in [1.54, 1.807) is 0 Å². The molecular weight excluding hydrogens is 259 g/mol. The zero-order valence-corrected chi connectivity index (χ0v) is 11.7. The monoisotopic (exact) mass is 274 g/mol. The van der Waals surface area contributed by atoms with Crippen molar-refractivity contribution in [2.45, 2.75) is 13.8 Å². The average molecular weight is 276 g/mol. The predicted octanol–water partition coefficient (Wildman–Crippen LogP) is 3.61. The van der Waals surface area contributed by atoms with Crippen LogP contribution >= 0.6 is 0 Å². The van der Waals surface area contributed by atoms with Gasteiger partial charge in [0.1, 0.15) is 0 Å². The minimum Gasteiger partial charge on any atom is -0.726 e. The summed E-state index contributed by atoms with van der Waals surface area (Å²) < 4.78 is 0. The van der Waals surface area contributed by atoms with Crippen LogP contribution in [0.25, 0.3) is 0 Å². The Bertz CT molecular complexity index is 224. The van der Waals surface area contributed by atoms with Gasteiger partial charge in [0.25, 0.3) is 0 Å².